The lowest BCUT2D eigenvalue weighted by molar-refractivity contribution is -0.143. The molecule has 2 fully saturated rings. The molecule has 2 amide bonds. The molecule has 0 aromatic heterocycles. The van der Waals surface area contributed by atoms with Gasteiger partial charge in [-0.3, -0.25) is 9.59 Å². The molecular weight excluding hydrogens is 364 g/mol. The lowest BCUT2D eigenvalue weighted by Gasteiger charge is -2.41. The number of hydrogen-bond acceptors (Lipinski definition) is 3. The molecule has 5 heteroatoms. The predicted octanol–water partition coefficient (Wildman–Crippen LogP) is 4.61. The molecule has 2 aliphatic rings. The van der Waals surface area contributed by atoms with Crippen LogP contribution < -0.4 is 10.1 Å². The van der Waals surface area contributed by atoms with E-state index < -0.39 is 0 Å². The molecule has 1 aliphatic carbocycles. The van der Waals surface area contributed by atoms with Crippen molar-refractivity contribution in [1.82, 2.24) is 10.2 Å². The van der Waals surface area contributed by atoms with Crippen molar-refractivity contribution in [1.29, 1.82) is 0 Å². The Morgan fingerprint density at radius 3 is 2.41 bits per heavy atom. The Kier molecular flexibility index (Phi) is 7.96. The first-order valence-electron chi connectivity index (χ1n) is 11.4. The van der Waals surface area contributed by atoms with Gasteiger partial charge in [0.25, 0.3) is 0 Å². The van der Waals surface area contributed by atoms with Crippen LogP contribution in [0.15, 0.2) is 24.3 Å². The Bertz CT molecular complexity index is 665. The van der Waals surface area contributed by atoms with Crippen LogP contribution in [0, 0.1) is 5.92 Å². The molecule has 5 nitrogen and oxygen atoms in total. The summed E-state index contributed by atoms with van der Waals surface area (Å²) in [7, 11) is 1.65. The standard InChI is InChI=1S/C24H36N2O3/c1-3-4-17-26-22(27)16-15-21(23(26)18-11-13-20(29-2)14-12-18)24(28)25-19-9-7-5-6-8-10-19/h11-14,19,21,23H,3-10,15-17H2,1-2H3,(H,25,28). The summed E-state index contributed by atoms with van der Waals surface area (Å²) in [5.74, 6) is 0.876. The van der Waals surface area contributed by atoms with Crippen LogP contribution in [0.25, 0.3) is 0 Å². The predicted molar refractivity (Wildman–Crippen MR) is 115 cm³/mol. The highest BCUT2D eigenvalue weighted by Crippen LogP contribution is 2.38. The third-order valence-corrected chi connectivity index (χ3v) is 6.45. The van der Waals surface area contributed by atoms with Gasteiger partial charge in [0.1, 0.15) is 5.75 Å². The van der Waals surface area contributed by atoms with Crippen molar-refractivity contribution in [3.63, 3.8) is 0 Å². The first kappa shape index (κ1) is 21.7. The van der Waals surface area contributed by atoms with Crippen molar-refractivity contribution in [2.45, 2.75) is 83.2 Å². The fourth-order valence-corrected chi connectivity index (χ4v) is 4.76. The molecule has 0 bridgehead atoms. The summed E-state index contributed by atoms with van der Waals surface area (Å²) in [6.45, 7) is 2.84. The van der Waals surface area contributed by atoms with Gasteiger partial charge in [0, 0.05) is 19.0 Å². The number of carbonyl (C=O) groups excluding carboxylic acids is 2. The van der Waals surface area contributed by atoms with Gasteiger partial charge in [-0.15, -0.1) is 0 Å². The second-order valence-electron chi connectivity index (χ2n) is 8.50. The van der Waals surface area contributed by atoms with Crippen LogP contribution in [0.1, 0.15) is 82.7 Å². The minimum absolute atomic E-state index is 0.117. The molecule has 1 aromatic rings. The van der Waals surface area contributed by atoms with E-state index in [0.29, 0.717) is 19.4 Å². The van der Waals surface area contributed by atoms with E-state index in [1.165, 1.54) is 25.7 Å². The Hall–Kier alpha value is -2.04. The van der Waals surface area contributed by atoms with Gasteiger partial charge < -0.3 is 15.0 Å². The van der Waals surface area contributed by atoms with E-state index in [1.54, 1.807) is 7.11 Å². The van der Waals surface area contributed by atoms with Crippen molar-refractivity contribution < 1.29 is 14.3 Å². The summed E-state index contributed by atoms with van der Waals surface area (Å²) >= 11 is 0. The van der Waals surface area contributed by atoms with E-state index >= 15 is 0 Å². The minimum atomic E-state index is -0.195. The van der Waals surface area contributed by atoms with Crippen LogP contribution in [0.4, 0.5) is 0 Å². The Morgan fingerprint density at radius 1 is 1.10 bits per heavy atom. The molecule has 2 unspecified atom stereocenters. The molecule has 0 spiro atoms. The number of unbranched alkanes of at least 4 members (excludes halogenated alkanes) is 1. The molecule has 1 saturated heterocycles. The highest BCUT2D eigenvalue weighted by molar-refractivity contribution is 5.85. The van der Waals surface area contributed by atoms with Gasteiger partial charge in [-0.05, 0) is 43.4 Å². The molecule has 1 N–H and O–H groups in total. The Morgan fingerprint density at radius 2 is 1.79 bits per heavy atom. The summed E-state index contributed by atoms with van der Waals surface area (Å²) in [5.41, 5.74) is 1.02. The third-order valence-electron chi connectivity index (χ3n) is 6.45. The molecule has 29 heavy (non-hydrogen) atoms. The van der Waals surface area contributed by atoms with E-state index in [0.717, 1.165) is 37.0 Å². The van der Waals surface area contributed by atoms with Crippen LogP contribution in [0.2, 0.25) is 0 Å². The number of hydrogen-bond donors (Lipinski definition) is 1. The van der Waals surface area contributed by atoms with Gasteiger partial charge in [0.2, 0.25) is 11.8 Å². The molecule has 1 saturated carbocycles. The number of likely N-dealkylation sites (tertiary alicyclic amines) is 1. The summed E-state index contributed by atoms with van der Waals surface area (Å²) in [6.07, 6.45) is 10.1. The normalized spacial score (nSPS) is 23.5. The second-order valence-corrected chi connectivity index (χ2v) is 8.50. The van der Waals surface area contributed by atoms with Gasteiger partial charge in [-0.2, -0.15) is 0 Å². The Balaban J connectivity index is 1.83. The summed E-state index contributed by atoms with van der Waals surface area (Å²) < 4.78 is 5.30. The highest BCUT2D eigenvalue weighted by Gasteiger charge is 2.40. The van der Waals surface area contributed by atoms with Crippen LogP contribution >= 0.6 is 0 Å². The summed E-state index contributed by atoms with van der Waals surface area (Å²) in [4.78, 5) is 28.1. The molecule has 160 valence electrons. The highest BCUT2D eigenvalue weighted by atomic mass is 16.5. The number of ether oxygens (including phenoxy) is 1. The summed E-state index contributed by atoms with van der Waals surface area (Å²) in [5, 5.41) is 3.34. The SMILES string of the molecule is CCCCN1C(=O)CCC(C(=O)NC2CCCCCC2)C1c1ccc(OC)cc1. The molecule has 2 atom stereocenters. The van der Waals surface area contributed by atoms with Crippen LogP contribution in [0.3, 0.4) is 0 Å². The molecular formula is C24H36N2O3. The zero-order valence-corrected chi connectivity index (χ0v) is 18.0. The van der Waals surface area contributed by atoms with Gasteiger partial charge >= 0.3 is 0 Å². The average molecular weight is 401 g/mol. The number of amides is 2. The number of nitrogens with zero attached hydrogens (tertiary/aromatic N) is 1. The summed E-state index contributed by atoms with van der Waals surface area (Å²) in [6, 6.07) is 7.95. The van der Waals surface area contributed by atoms with E-state index in [4.69, 9.17) is 4.74 Å². The van der Waals surface area contributed by atoms with Crippen molar-refractivity contribution in [2.75, 3.05) is 13.7 Å². The van der Waals surface area contributed by atoms with Crippen molar-refractivity contribution in [3.8, 4) is 5.75 Å². The maximum Gasteiger partial charge on any atom is 0.225 e. The molecule has 1 aromatic carbocycles. The fraction of sp³-hybridized carbons (Fsp3) is 0.667. The van der Waals surface area contributed by atoms with Gasteiger partial charge in [0.15, 0.2) is 0 Å². The number of carbonyl (C=O) groups is 2. The number of methoxy groups -OCH3 is 1. The topological polar surface area (TPSA) is 58.6 Å². The maximum atomic E-state index is 13.3. The first-order chi connectivity index (χ1) is 14.1. The second kappa shape index (κ2) is 10.7. The number of piperidine rings is 1. The maximum absolute atomic E-state index is 13.3. The number of rotatable bonds is 7. The van der Waals surface area contributed by atoms with E-state index in [-0.39, 0.29) is 29.8 Å². The van der Waals surface area contributed by atoms with E-state index in [9.17, 15) is 9.59 Å². The number of benzene rings is 1. The monoisotopic (exact) mass is 400 g/mol. The van der Waals surface area contributed by atoms with Crippen molar-refractivity contribution in [2.24, 2.45) is 5.92 Å². The molecule has 3 rings (SSSR count). The van der Waals surface area contributed by atoms with Crippen LogP contribution in [-0.4, -0.2) is 36.4 Å². The quantitative estimate of drug-likeness (QED) is 0.680. The van der Waals surface area contributed by atoms with Crippen LogP contribution in [-0.2, 0) is 9.59 Å². The lowest BCUT2D eigenvalue weighted by atomic mass is 9.83. The zero-order valence-electron chi connectivity index (χ0n) is 18.0. The van der Waals surface area contributed by atoms with Crippen molar-refractivity contribution in [3.05, 3.63) is 29.8 Å². The van der Waals surface area contributed by atoms with E-state index in [2.05, 4.69) is 12.2 Å². The largest absolute Gasteiger partial charge is 0.497 e. The zero-order chi connectivity index (χ0) is 20.6. The first-order valence-corrected chi connectivity index (χ1v) is 11.4. The third kappa shape index (κ3) is 5.52. The lowest BCUT2D eigenvalue weighted by Crippen LogP contribution is -2.50. The van der Waals surface area contributed by atoms with Gasteiger partial charge in [-0.1, -0.05) is 51.2 Å². The van der Waals surface area contributed by atoms with Crippen molar-refractivity contribution >= 4 is 11.8 Å². The Labute approximate surface area is 175 Å². The molecule has 1 heterocycles. The minimum Gasteiger partial charge on any atom is -0.497 e. The van der Waals surface area contributed by atoms with Gasteiger partial charge in [-0.25, -0.2) is 0 Å². The average Bonchev–Trinajstić information content (AvgIpc) is 3.01. The molecule has 0 radical (unpaired) electrons. The number of nitrogens with one attached hydrogen (secondary N) is 1. The van der Waals surface area contributed by atoms with Crippen LogP contribution in [0.5, 0.6) is 5.75 Å². The smallest absolute Gasteiger partial charge is 0.225 e. The fourth-order valence-electron chi connectivity index (χ4n) is 4.76. The van der Waals surface area contributed by atoms with E-state index in [1.807, 2.05) is 29.2 Å². The molecule has 1 aliphatic heterocycles. The van der Waals surface area contributed by atoms with Gasteiger partial charge in [0.05, 0.1) is 19.1 Å².